The molecule has 2 heterocycles. The third kappa shape index (κ3) is 1.17. The lowest BCUT2D eigenvalue weighted by atomic mass is 10.0. The van der Waals surface area contributed by atoms with Gasteiger partial charge in [0.15, 0.2) is 0 Å². The fourth-order valence-corrected chi connectivity index (χ4v) is 1.99. The van der Waals surface area contributed by atoms with Gasteiger partial charge < -0.3 is 14.8 Å². The van der Waals surface area contributed by atoms with Gasteiger partial charge in [0.25, 0.3) is 0 Å². The molecule has 0 unspecified atom stereocenters. The molecule has 3 nitrogen and oxygen atoms in total. The lowest BCUT2D eigenvalue weighted by Gasteiger charge is -2.18. The van der Waals surface area contributed by atoms with Gasteiger partial charge in [-0.05, 0) is 12.1 Å². The molecule has 2 N–H and O–H groups in total. The maximum Gasteiger partial charge on any atom is 0.129 e. The highest BCUT2D eigenvalue weighted by Crippen LogP contribution is 2.37. The summed E-state index contributed by atoms with van der Waals surface area (Å²) < 4.78 is 5.62. The molecule has 0 amide bonds. The van der Waals surface area contributed by atoms with E-state index in [0.29, 0.717) is 6.61 Å². The molecule has 0 saturated heterocycles. The third-order valence-electron chi connectivity index (χ3n) is 2.78. The van der Waals surface area contributed by atoms with Crippen molar-refractivity contribution in [2.75, 3.05) is 0 Å². The van der Waals surface area contributed by atoms with Gasteiger partial charge in [-0.15, -0.1) is 0 Å². The molecule has 2 aromatic rings. The summed E-state index contributed by atoms with van der Waals surface area (Å²) in [6.45, 7) is 0.586. The van der Waals surface area contributed by atoms with E-state index in [1.807, 2.05) is 30.5 Å². The number of nitrogens with one attached hydrogen (secondary N) is 1. The van der Waals surface area contributed by atoms with Gasteiger partial charge in [-0.3, -0.25) is 0 Å². The van der Waals surface area contributed by atoms with E-state index in [0.717, 1.165) is 28.1 Å². The largest absolute Gasteiger partial charge is 0.488 e. The molecule has 0 saturated carbocycles. The third-order valence-corrected chi connectivity index (χ3v) is 2.78. The number of para-hydroxylation sites is 1. The molecule has 0 radical (unpaired) electrons. The van der Waals surface area contributed by atoms with E-state index in [-0.39, 0.29) is 6.61 Å². The first-order chi connectivity index (χ1) is 7.40. The van der Waals surface area contributed by atoms with Gasteiger partial charge in [0.1, 0.15) is 12.4 Å². The van der Waals surface area contributed by atoms with Crippen LogP contribution in [0.4, 0.5) is 0 Å². The van der Waals surface area contributed by atoms with Gasteiger partial charge in [-0.2, -0.15) is 0 Å². The molecule has 0 bridgehead atoms. The van der Waals surface area contributed by atoms with Crippen LogP contribution in [-0.4, -0.2) is 10.1 Å². The van der Waals surface area contributed by atoms with E-state index < -0.39 is 0 Å². The Hall–Kier alpha value is -1.74. The highest BCUT2D eigenvalue weighted by molar-refractivity contribution is 5.73. The average Bonchev–Trinajstić information content (AvgIpc) is 2.72. The second-order valence-corrected chi connectivity index (χ2v) is 3.61. The van der Waals surface area contributed by atoms with Gasteiger partial charge in [0.05, 0.1) is 12.3 Å². The Kier molecular flexibility index (Phi) is 1.79. The summed E-state index contributed by atoms with van der Waals surface area (Å²) in [5, 5.41) is 9.15. The average molecular weight is 201 g/mol. The van der Waals surface area contributed by atoms with E-state index >= 15 is 0 Å². The monoisotopic (exact) mass is 201 g/mol. The Morgan fingerprint density at radius 1 is 1.33 bits per heavy atom. The van der Waals surface area contributed by atoms with Crippen molar-refractivity contribution in [2.24, 2.45) is 0 Å². The quantitative estimate of drug-likeness (QED) is 0.741. The van der Waals surface area contributed by atoms with Crippen LogP contribution in [0.25, 0.3) is 11.3 Å². The molecule has 1 aromatic carbocycles. The number of ether oxygens (including phenoxy) is 1. The van der Waals surface area contributed by atoms with Crippen molar-refractivity contribution >= 4 is 0 Å². The first-order valence-electron chi connectivity index (χ1n) is 4.92. The van der Waals surface area contributed by atoms with E-state index in [9.17, 15) is 0 Å². The zero-order chi connectivity index (χ0) is 10.3. The van der Waals surface area contributed by atoms with Crippen molar-refractivity contribution in [3.05, 3.63) is 41.6 Å². The number of hydrogen-bond acceptors (Lipinski definition) is 2. The smallest absolute Gasteiger partial charge is 0.129 e. The second kappa shape index (κ2) is 3.14. The number of aromatic amines is 1. The summed E-state index contributed by atoms with van der Waals surface area (Å²) >= 11 is 0. The predicted octanol–water partition coefficient (Wildman–Crippen LogP) is 2.07. The number of hydrogen-bond donors (Lipinski definition) is 2. The van der Waals surface area contributed by atoms with E-state index in [1.54, 1.807) is 0 Å². The number of aliphatic hydroxyl groups excluding tert-OH is 1. The first-order valence-corrected chi connectivity index (χ1v) is 4.92. The van der Waals surface area contributed by atoms with Crippen molar-refractivity contribution in [3.8, 4) is 17.0 Å². The zero-order valence-electron chi connectivity index (χ0n) is 8.16. The molecular weight excluding hydrogens is 190 g/mol. The first kappa shape index (κ1) is 8.56. The fraction of sp³-hybridized carbons (Fsp3) is 0.167. The van der Waals surface area contributed by atoms with Crippen LogP contribution in [0, 0.1) is 0 Å². The summed E-state index contributed by atoms with van der Waals surface area (Å²) in [6.07, 6.45) is 1.84. The fourth-order valence-electron chi connectivity index (χ4n) is 1.99. The molecule has 0 aliphatic carbocycles. The topological polar surface area (TPSA) is 45.2 Å². The van der Waals surface area contributed by atoms with Crippen LogP contribution in [0.2, 0.25) is 0 Å². The number of aliphatic hydroxyl groups is 1. The Labute approximate surface area is 87.3 Å². The van der Waals surface area contributed by atoms with Crippen LogP contribution in [-0.2, 0) is 13.2 Å². The molecule has 0 atom stereocenters. The standard InChI is InChI=1S/C12H11NO2/c14-6-8-5-13-12-9-3-1-2-4-11(9)15-7-10(8)12/h1-5,13-14H,6-7H2. The summed E-state index contributed by atoms with van der Waals surface area (Å²) in [5.41, 5.74) is 4.12. The van der Waals surface area contributed by atoms with Crippen LogP contribution >= 0.6 is 0 Å². The maximum absolute atomic E-state index is 9.15. The molecule has 15 heavy (non-hydrogen) atoms. The minimum atomic E-state index is 0.0529. The van der Waals surface area contributed by atoms with Crippen molar-refractivity contribution in [3.63, 3.8) is 0 Å². The summed E-state index contributed by atoms with van der Waals surface area (Å²) in [4.78, 5) is 3.19. The van der Waals surface area contributed by atoms with Crippen LogP contribution in [0.15, 0.2) is 30.5 Å². The van der Waals surface area contributed by atoms with Gasteiger partial charge in [-0.1, -0.05) is 12.1 Å². The van der Waals surface area contributed by atoms with Gasteiger partial charge in [0, 0.05) is 22.9 Å². The molecule has 1 aromatic heterocycles. The normalized spacial score (nSPS) is 12.9. The summed E-state index contributed by atoms with van der Waals surface area (Å²) in [6, 6.07) is 7.92. The molecule has 1 aliphatic heterocycles. The highest BCUT2D eigenvalue weighted by Gasteiger charge is 2.20. The van der Waals surface area contributed by atoms with Crippen molar-refractivity contribution in [2.45, 2.75) is 13.2 Å². The summed E-state index contributed by atoms with van der Waals surface area (Å²) in [7, 11) is 0. The van der Waals surface area contributed by atoms with Crippen LogP contribution in [0.1, 0.15) is 11.1 Å². The van der Waals surface area contributed by atoms with Gasteiger partial charge in [0.2, 0.25) is 0 Å². The minimum Gasteiger partial charge on any atom is -0.488 e. The Morgan fingerprint density at radius 3 is 3.07 bits per heavy atom. The van der Waals surface area contributed by atoms with E-state index in [2.05, 4.69) is 4.98 Å². The highest BCUT2D eigenvalue weighted by atomic mass is 16.5. The number of fused-ring (bicyclic) bond motifs is 3. The Balaban J connectivity index is 2.22. The van der Waals surface area contributed by atoms with Gasteiger partial charge in [-0.25, -0.2) is 0 Å². The molecule has 1 aliphatic rings. The number of aromatic nitrogens is 1. The molecule has 76 valence electrons. The molecule has 3 heteroatoms. The molecular formula is C12H11NO2. The maximum atomic E-state index is 9.15. The number of H-pyrrole nitrogens is 1. The zero-order valence-corrected chi connectivity index (χ0v) is 8.16. The lowest BCUT2D eigenvalue weighted by Crippen LogP contribution is -2.05. The lowest BCUT2D eigenvalue weighted by molar-refractivity contribution is 0.269. The SMILES string of the molecule is OCc1c[nH]c2c1COc1ccccc1-2. The molecule has 0 spiro atoms. The predicted molar refractivity (Wildman–Crippen MR) is 56.5 cm³/mol. The summed E-state index contributed by atoms with van der Waals surface area (Å²) in [5.74, 6) is 0.899. The van der Waals surface area contributed by atoms with Crippen molar-refractivity contribution < 1.29 is 9.84 Å². The Bertz CT molecular complexity index is 502. The molecule has 0 fully saturated rings. The van der Waals surface area contributed by atoms with E-state index in [4.69, 9.17) is 9.84 Å². The van der Waals surface area contributed by atoms with Gasteiger partial charge >= 0.3 is 0 Å². The second-order valence-electron chi connectivity index (χ2n) is 3.61. The van der Waals surface area contributed by atoms with Crippen LogP contribution < -0.4 is 4.74 Å². The molecule has 3 rings (SSSR count). The van der Waals surface area contributed by atoms with E-state index in [1.165, 1.54) is 0 Å². The van der Waals surface area contributed by atoms with Crippen molar-refractivity contribution in [1.29, 1.82) is 0 Å². The number of rotatable bonds is 1. The number of benzene rings is 1. The van der Waals surface area contributed by atoms with Crippen molar-refractivity contribution in [1.82, 2.24) is 4.98 Å². The Morgan fingerprint density at radius 2 is 2.20 bits per heavy atom. The van der Waals surface area contributed by atoms with Crippen LogP contribution in [0.5, 0.6) is 5.75 Å². The minimum absolute atomic E-state index is 0.0529. The van der Waals surface area contributed by atoms with Crippen LogP contribution in [0.3, 0.4) is 0 Å².